The fraction of sp³-hybridized carbons (Fsp3) is 0.269. The van der Waals surface area contributed by atoms with Crippen LogP contribution >= 0.6 is 0 Å². The van der Waals surface area contributed by atoms with Gasteiger partial charge in [-0.15, -0.1) is 0 Å². The molecule has 2 N–H and O–H groups in total. The number of nitrogens with zero attached hydrogens (tertiary/aromatic N) is 2. The van der Waals surface area contributed by atoms with Crippen LogP contribution in [0, 0.1) is 5.92 Å². The van der Waals surface area contributed by atoms with Crippen molar-refractivity contribution in [1.82, 2.24) is 4.98 Å². The van der Waals surface area contributed by atoms with Gasteiger partial charge in [0.15, 0.2) is 0 Å². The Morgan fingerprint density at radius 2 is 1.94 bits per heavy atom. The van der Waals surface area contributed by atoms with Crippen molar-refractivity contribution in [3.8, 4) is 0 Å². The number of para-hydroxylation sites is 1. The number of hydrogen-bond donors (Lipinski definition) is 2. The predicted octanol–water partition coefficient (Wildman–Crippen LogP) is 4.88. The maximum atomic E-state index is 13.3. The Morgan fingerprint density at radius 3 is 2.78 bits per heavy atom. The third-order valence-electron chi connectivity index (χ3n) is 5.88. The second-order valence-electron chi connectivity index (χ2n) is 8.09. The lowest BCUT2D eigenvalue weighted by Crippen LogP contribution is -2.29. The van der Waals surface area contributed by atoms with E-state index >= 15 is 0 Å². The van der Waals surface area contributed by atoms with E-state index < -0.39 is 0 Å². The van der Waals surface area contributed by atoms with E-state index in [9.17, 15) is 9.59 Å². The van der Waals surface area contributed by atoms with Gasteiger partial charge in [0.1, 0.15) is 5.82 Å². The summed E-state index contributed by atoms with van der Waals surface area (Å²) in [5.41, 5.74) is 4.46. The summed E-state index contributed by atoms with van der Waals surface area (Å²) in [7, 11) is 0. The molecular formula is C26H28N4O2. The topological polar surface area (TPSA) is 74.3 Å². The molecule has 2 aromatic carbocycles. The molecular weight excluding hydrogens is 400 g/mol. The molecule has 0 saturated heterocycles. The van der Waals surface area contributed by atoms with E-state index in [-0.39, 0.29) is 17.7 Å². The predicted molar refractivity (Wildman–Crippen MR) is 128 cm³/mol. The van der Waals surface area contributed by atoms with E-state index in [1.165, 1.54) is 5.56 Å². The Kier molecular flexibility index (Phi) is 6.50. The van der Waals surface area contributed by atoms with Crippen LogP contribution in [0.25, 0.3) is 0 Å². The third-order valence-corrected chi connectivity index (χ3v) is 5.88. The molecule has 0 aliphatic carbocycles. The first kappa shape index (κ1) is 21.6. The monoisotopic (exact) mass is 428 g/mol. The van der Waals surface area contributed by atoms with Crippen molar-refractivity contribution in [2.75, 3.05) is 22.1 Å². The van der Waals surface area contributed by atoms with Gasteiger partial charge in [0.2, 0.25) is 5.91 Å². The van der Waals surface area contributed by atoms with Crippen molar-refractivity contribution in [1.29, 1.82) is 0 Å². The van der Waals surface area contributed by atoms with Gasteiger partial charge in [-0.25, -0.2) is 4.98 Å². The van der Waals surface area contributed by atoms with Gasteiger partial charge in [0.25, 0.3) is 5.91 Å². The number of carbonyl (C=O) groups excluding carboxylic acids is 2. The summed E-state index contributed by atoms with van der Waals surface area (Å²) in [5, 5.41) is 6.27. The molecule has 1 unspecified atom stereocenters. The normalized spacial score (nSPS) is 13.4. The number of nitrogens with one attached hydrogen (secondary N) is 2. The van der Waals surface area contributed by atoms with Gasteiger partial charge in [-0.1, -0.05) is 44.2 Å². The quantitative estimate of drug-likeness (QED) is 0.562. The number of hydrogen-bond acceptors (Lipinski definition) is 4. The molecule has 4 rings (SSSR count). The number of amides is 2. The number of anilines is 3. The first-order valence-electron chi connectivity index (χ1n) is 11.0. The highest BCUT2D eigenvalue weighted by molar-refractivity contribution is 6.10. The van der Waals surface area contributed by atoms with E-state index in [2.05, 4.69) is 21.7 Å². The summed E-state index contributed by atoms with van der Waals surface area (Å²) in [6.45, 7) is 5.07. The molecule has 0 fully saturated rings. The van der Waals surface area contributed by atoms with Gasteiger partial charge in [-0.2, -0.15) is 0 Å². The second-order valence-corrected chi connectivity index (χ2v) is 8.09. The van der Waals surface area contributed by atoms with Crippen molar-refractivity contribution in [3.63, 3.8) is 0 Å². The molecule has 1 aliphatic heterocycles. The van der Waals surface area contributed by atoms with E-state index in [4.69, 9.17) is 0 Å². The molecule has 6 nitrogen and oxygen atoms in total. The van der Waals surface area contributed by atoms with Crippen molar-refractivity contribution < 1.29 is 9.59 Å². The zero-order chi connectivity index (χ0) is 22.5. The van der Waals surface area contributed by atoms with Gasteiger partial charge >= 0.3 is 0 Å². The Bertz CT molecular complexity index is 1130. The van der Waals surface area contributed by atoms with Gasteiger partial charge in [-0.3, -0.25) is 9.59 Å². The largest absolute Gasteiger partial charge is 0.365 e. The van der Waals surface area contributed by atoms with Gasteiger partial charge in [0, 0.05) is 36.6 Å². The number of pyridine rings is 1. The average Bonchev–Trinajstić information content (AvgIpc) is 3.26. The molecule has 1 aromatic heterocycles. The molecule has 0 bridgehead atoms. The van der Waals surface area contributed by atoms with Crippen molar-refractivity contribution in [2.45, 2.75) is 33.2 Å². The standard InChI is InChI=1S/C26H28N4O2/c1-3-18(2)25(31)29-21-10-6-8-19(16-21)17-28-24-22(11-7-14-27-24)26(32)30-15-13-20-9-4-5-12-23(20)30/h4-12,14,16,18H,3,13,15,17H2,1-2H3,(H,27,28)(H,29,31). The molecule has 32 heavy (non-hydrogen) atoms. The van der Waals surface area contributed by atoms with Gasteiger partial charge in [-0.05, 0) is 54.3 Å². The summed E-state index contributed by atoms with van der Waals surface area (Å²) in [6.07, 6.45) is 3.34. The highest BCUT2D eigenvalue weighted by atomic mass is 16.2. The lowest BCUT2D eigenvalue weighted by atomic mass is 10.1. The van der Waals surface area contributed by atoms with Crippen LogP contribution in [0.2, 0.25) is 0 Å². The molecule has 3 aromatic rings. The Balaban J connectivity index is 1.47. The minimum Gasteiger partial charge on any atom is -0.365 e. The van der Waals surface area contributed by atoms with Crippen LogP contribution in [0.1, 0.15) is 41.8 Å². The molecule has 2 heterocycles. The molecule has 6 heteroatoms. The average molecular weight is 429 g/mol. The van der Waals surface area contributed by atoms with E-state index in [0.29, 0.717) is 24.5 Å². The molecule has 164 valence electrons. The number of carbonyl (C=O) groups is 2. The summed E-state index contributed by atoms with van der Waals surface area (Å²) < 4.78 is 0. The summed E-state index contributed by atoms with van der Waals surface area (Å²) in [5.74, 6) is 0.478. The first-order chi connectivity index (χ1) is 15.6. The number of benzene rings is 2. The van der Waals surface area contributed by atoms with E-state index in [1.807, 2.05) is 61.2 Å². The minimum absolute atomic E-state index is 0.0149. The Labute approximate surface area is 188 Å². The van der Waals surface area contributed by atoms with E-state index in [0.717, 1.165) is 29.8 Å². The zero-order valence-corrected chi connectivity index (χ0v) is 18.5. The molecule has 0 radical (unpaired) electrons. The third kappa shape index (κ3) is 4.64. The Morgan fingerprint density at radius 1 is 1.09 bits per heavy atom. The molecule has 1 aliphatic rings. The highest BCUT2D eigenvalue weighted by Crippen LogP contribution is 2.30. The van der Waals surface area contributed by atoms with Crippen LogP contribution in [0.3, 0.4) is 0 Å². The van der Waals surface area contributed by atoms with Crippen molar-refractivity contribution in [3.05, 3.63) is 83.6 Å². The lowest BCUT2D eigenvalue weighted by Gasteiger charge is -2.19. The van der Waals surface area contributed by atoms with Crippen LogP contribution < -0.4 is 15.5 Å². The summed E-state index contributed by atoms with van der Waals surface area (Å²) in [4.78, 5) is 31.7. The molecule has 0 spiro atoms. The molecule has 1 atom stereocenters. The maximum absolute atomic E-state index is 13.3. The summed E-state index contributed by atoms with van der Waals surface area (Å²) in [6, 6.07) is 19.3. The van der Waals surface area contributed by atoms with Gasteiger partial charge in [0.05, 0.1) is 5.56 Å². The van der Waals surface area contributed by atoms with Crippen LogP contribution in [0.4, 0.5) is 17.2 Å². The number of fused-ring (bicyclic) bond motifs is 1. The van der Waals surface area contributed by atoms with Crippen LogP contribution in [0.15, 0.2) is 66.9 Å². The summed E-state index contributed by atoms with van der Waals surface area (Å²) >= 11 is 0. The highest BCUT2D eigenvalue weighted by Gasteiger charge is 2.27. The SMILES string of the molecule is CCC(C)C(=O)Nc1cccc(CNc2ncccc2C(=O)N2CCc3ccccc32)c1. The smallest absolute Gasteiger partial charge is 0.262 e. The Hall–Kier alpha value is -3.67. The van der Waals surface area contributed by atoms with E-state index in [1.54, 1.807) is 18.3 Å². The maximum Gasteiger partial charge on any atom is 0.262 e. The van der Waals surface area contributed by atoms with Crippen LogP contribution in [0.5, 0.6) is 0 Å². The van der Waals surface area contributed by atoms with Gasteiger partial charge < -0.3 is 15.5 Å². The zero-order valence-electron chi connectivity index (χ0n) is 18.5. The molecule has 0 saturated carbocycles. The number of aromatic nitrogens is 1. The van der Waals surface area contributed by atoms with Crippen LogP contribution in [-0.2, 0) is 17.8 Å². The number of rotatable bonds is 7. The second kappa shape index (κ2) is 9.64. The first-order valence-corrected chi connectivity index (χ1v) is 11.0. The van der Waals surface area contributed by atoms with Crippen molar-refractivity contribution >= 4 is 29.0 Å². The fourth-order valence-electron chi connectivity index (χ4n) is 3.81. The lowest BCUT2D eigenvalue weighted by molar-refractivity contribution is -0.119. The fourth-order valence-corrected chi connectivity index (χ4v) is 3.81. The minimum atomic E-state index is -0.0554. The van der Waals surface area contributed by atoms with Crippen molar-refractivity contribution in [2.24, 2.45) is 5.92 Å². The van der Waals surface area contributed by atoms with Crippen LogP contribution in [-0.4, -0.2) is 23.3 Å². The molecule has 2 amide bonds.